The lowest BCUT2D eigenvalue weighted by Gasteiger charge is -2.30. The number of ether oxygens (including phenoxy) is 2. The van der Waals surface area contributed by atoms with Gasteiger partial charge in [0.1, 0.15) is 19.5 Å². The third kappa shape index (κ3) is 7.67. The summed E-state index contributed by atoms with van der Waals surface area (Å²) in [5.74, 6) is -0.801. The number of quaternary nitrogens is 1. The zero-order valence-electron chi connectivity index (χ0n) is 24.0. The number of aryl methyl sites for hydroxylation is 1. The van der Waals surface area contributed by atoms with Gasteiger partial charge in [-0.25, -0.2) is 15.0 Å². The molecule has 1 unspecified atom stereocenters. The topological polar surface area (TPSA) is 114 Å². The number of carboxylic acids is 1. The van der Waals surface area contributed by atoms with Gasteiger partial charge in [-0.05, 0) is 43.0 Å². The maximum atomic E-state index is 13.6. The van der Waals surface area contributed by atoms with Gasteiger partial charge in [0.2, 0.25) is 6.79 Å². The minimum atomic E-state index is -0.882. The molecule has 1 saturated heterocycles. The molecule has 1 fully saturated rings. The van der Waals surface area contributed by atoms with Crippen LogP contribution in [-0.2, 0) is 20.8 Å². The Morgan fingerprint density at radius 3 is 2.70 bits per heavy atom. The molecule has 218 valence electrons. The van der Waals surface area contributed by atoms with Gasteiger partial charge in [0.15, 0.2) is 11.5 Å². The number of amides is 1. The van der Waals surface area contributed by atoms with Gasteiger partial charge >= 0.3 is 5.97 Å². The Hall–Kier alpha value is -3.28. The maximum absolute atomic E-state index is 13.6. The molecule has 0 saturated carbocycles. The average Bonchev–Trinajstić information content (AvgIpc) is 3.53. The van der Waals surface area contributed by atoms with Crippen molar-refractivity contribution in [3.63, 3.8) is 0 Å². The summed E-state index contributed by atoms with van der Waals surface area (Å²) in [5, 5.41) is 11.9. The number of hydroxylamine groups is 2. The molecule has 2 aromatic rings. The van der Waals surface area contributed by atoms with Crippen LogP contribution in [0.2, 0.25) is 0 Å². The van der Waals surface area contributed by atoms with Crippen molar-refractivity contribution in [1.29, 1.82) is 0 Å². The molecule has 0 bridgehead atoms. The summed E-state index contributed by atoms with van der Waals surface area (Å²) in [6.07, 6.45) is 6.05. The third-order valence-corrected chi connectivity index (χ3v) is 7.54. The van der Waals surface area contributed by atoms with Gasteiger partial charge < -0.3 is 19.1 Å². The van der Waals surface area contributed by atoms with Crippen LogP contribution in [0.4, 0.5) is 0 Å². The quantitative estimate of drug-likeness (QED) is 0.277. The van der Waals surface area contributed by atoms with E-state index in [0.29, 0.717) is 44.0 Å². The Kier molecular flexibility index (Phi) is 9.94. The van der Waals surface area contributed by atoms with Crippen molar-refractivity contribution < 1.29 is 33.5 Å². The van der Waals surface area contributed by atoms with Crippen molar-refractivity contribution in [2.75, 3.05) is 60.7 Å². The van der Waals surface area contributed by atoms with Gasteiger partial charge in [-0.3, -0.25) is 19.3 Å². The number of unbranched alkanes of at least 4 members (excludes halogenated alkanes) is 1. The number of aliphatic carboxylic acids is 1. The van der Waals surface area contributed by atoms with Gasteiger partial charge in [-0.15, -0.1) is 0 Å². The van der Waals surface area contributed by atoms with Crippen LogP contribution < -0.4 is 9.47 Å². The van der Waals surface area contributed by atoms with Crippen LogP contribution >= 0.6 is 0 Å². The fourth-order valence-corrected chi connectivity index (χ4v) is 5.34. The predicted octanol–water partition coefficient (Wildman–Crippen LogP) is 2.57. The number of likely N-dealkylation sites (N-methyl/N-ethyl adjacent to an activating group) is 1. The number of hydrogen-bond donors (Lipinski definition) is 1. The summed E-state index contributed by atoms with van der Waals surface area (Å²) < 4.78 is 11.8. The highest BCUT2D eigenvalue weighted by molar-refractivity contribution is 5.78. The van der Waals surface area contributed by atoms with Gasteiger partial charge in [-0.2, -0.15) is 0 Å². The summed E-state index contributed by atoms with van der Waals surface area (Å²) in [7, 11) is 6.24. The van der Waals surface area contributed by atoms with Gasteiger partial charge in [0.05, 0.1) is 33.6 Å². The highest BCUT2D eigenvalue weighted by Crippen LogP contribution is 2.43. The Bertz CT molecular complexity index is 1140. The van der Waals surface area contributed by atoms with Crippen LogP contribution in [0, 0.1) is 5.92 Å². The summed E-state index contributed by atoms with van der Waals surface area (Å²) >= 11 is 0. The molecule has 3 heterocycles. The monoisotopic (exact) mass is 556 g/mol. The molecule has 4 rings (SSSR count). The minimum absolute atomic E-state index is 0.0767. The summed E-state index contributed by atoms with van der Waals surface area (Å²) in [6, 6.07) is 7.07. The van der Waals surface area contributed by atoms with Gasteiger partial charge in [0, 0.05) is 36.9 Å². The van der Waals surface area contributed by atoms with Crippen LogP contribution in [0.15, 0.2) is 36.8 Å². The fourth-order valence-electron chi connectivity index (χ4n) is 5.34. The molecular formula is C29H42N5O6+. The van der Waals surface area contributed by atoms with E-state index in [1.165, 1.54) is 11.4 Å². The fraction of sp³-hybridized carbons (Fsp3) is 0.586. The molecule has 0 aliphatic carbocycles. The number of aromatic nitrogens is 2. The highest BCUT2D eigenvalue weighted by atomic mass is 16.7. The van der Waals surface area contributed by atoms with Crippen molar-refractivity contribution in [3.05, 3.63) is 48.0 Å². The molecule has 2 aliphatic rings. The van der Waals surface area contributed by atoms with E-state index in [0.717, 1.165) is 35.1 Å². The number of benzene rings is 1. The number of carboxylic acid groups (broad SMARTS) is 1. The van der Waals surface area contributed by atoms with Gasteiger partial charge in [-0.1, -0.05) is 19.4 Å². The second-order valence-corrected chi connectivity index (χ2v) is 11.5. The lowest BCUT2D eigenvalue weighted by molar-refractivity contribution is -0.871. The first kappa shape index (κ1) is 29.7. The van der Waals surface area contributed by atoms with Gasteiger partial charge in [0.25, 0.3) is 5.91 Å². The smallest absolute Gasteiger partial charge is 0.308 e. The van der Waals surface area contributed by atoms with Crippen LogP contribution in [0.1, 0.15) is 43.4 Å². The largest absolute Gasteiger partial charge is 0.481 e. The van der Waals surface area contributed by atoms with Crippen LogP contribution in [-0.4, -0.2) is 108 Å². The predicted molar refractivity (Wildman–Crippen MR) is 148 cm³/mol. The zero-order chi connectivity index (χ0) is 28.7. The third-order valence-electron chi connectivity index (χ3n) is 7.54. The number of likely N-dealkylation sites (tertiary alicyclic amines) is 1. The molecule has 2 aliphatic heterocycles. The van der Waals surface area contributed by atoms with E-state index in [2.05, 4.69) is 38.0 Å². The molecule has 11 heteroatoms. The summed E-state index contributed by atoms with van der Waals surface area (Å²) in [6.45, 7) is 4.41. The van der Waals surface area contributed by atoms with Crippen molar-refractivity contribution in [1.82, 2.24) is 19.9 Å². The van der Waals surface area contributed by atoms with E-state index < -0.39 is 11.9 Å². The van der Waals surface area contributed by atoms with Crippen LogP contribution in [0.3, 0.4) is 0 Å². The van der Waals surface area contributed by atoms with E-state index in [4.69, 9.17) is 14.3 Å². The number of carbonyl (C=O) groups is 2. The molecule has 0 spiro atoms. The second kappa shape index (κ2) is 13.4. The molecule has 1 amide bonds. The molecule has 3 atom stereocenters. The molecule has 1 N–H and O–H groups in total. The van der Waals surface area contributed by atoms with Crippen molar-refractivity contribution in [2.24, 2.45) is 5.92 Å². The highest BCUT2D eigenvalue weighted by Gasteiger charge is 2.47. The van der Waals surface area contributed by atoms with Crippen LogP contribution in [0.25, 0.3) is 0 Å². The number of hydrogen-bond acceptors (Lipinski definition) is 8. The molecule has 1 aromatic carbocycles. The molecule has 0 radical (unpaired) electrons. The number of nitrogens with zero attached hydrogens (tertiary/aromatic N) is 5. The average molecular weight is 557 g/mol. The van der Waals surface area contributed by atoms with E-state index in [9.17, 15) is 14.7 Å². The lowest BCUT2D eigenvalue weighted by atomic mass is 9.83. The van der Waals surface area contributed by atoms with Crippen LogP contribution in [0.5, 0.6) is 11.5 Å². The number of carbonyl (C=O) groups excluding carboxylic acids is 1. The van der Waals surface area contributed by atoms with E-state index in [1.807, 2.05) is 29.2 Å². The van der Waals surface area contributed by atoms with E-state index in [-0.39, 0.29) is 31.2 Å². The molecule has 11 nitrogen and oxygen atoms in total. The Labute approximate surface area is 236 Å². The molecular weight excluding hydrogens is 514 g/mol. The lowest BCUT2D eigenvalue weighted by Crippen LogP contribution is -2.46. The van der Waals surface area contributed by atoms with Crippen molar-refractivity contribution in [2.45, 2.75) is 44.6 Å². The Morgan fingerprint density at radius 2 is 2.00 bits per heavy atom. The maximum Gasteiger partial charge on any atom is 0.308 e. The SMILES string of the molecule is CCCCN(OCC[N+](C)(C)C)C(=O)CN1C[C@H](c2ccc3c(c2)OCO3)C(C(=O)O)[C@@H]1CCc1ccncn1. The first-order chi connectivity index (χ1) is 19.2. The molecule has 1 aromatic heterocycles. The second-order valence-electron chi connectivity index (χ2n) is 11.5. The zero-order valence-corrected chi connectivity index (χ0v) is 24.0. The van der Waals surface area contributed by atoms with E-state index in [1.54, 1.807) is 6.20 Å². The Balaban J connectivity index is 1.56. The first-order valence-corrected chi connectivity index (χ1v) is 14.0. The van der Waals surface area contributed by atoms with Crippen molar-refractivity contribution in [3.8, 4) is 11.5 Å². The summed E-state index contributed by atoms with van der Waals surface area (Å²) in [4.78, 5) is 42.6. The number of rotatable bonds is 14. The summed E-state index contributed by atoms with van der Waals surface area (Å²) in [5.41, 5.74) is 1.70. The first-order valence-electron chi connectivity index (χ1n) is 14.0. The van der Waals surface area contributed by atoms with Crippen molar-refractivity contribution >= 4 is 11.9 Å². The normalized spacial score (nSPS) is 20.6. The number of fused-ring (bicyclic) bond motifs is 1. The molecule has 40 heavy (non-hydrogen) atoms. The Morgan fingerprint density at radius 1 is 1.20 bits per heavy atom. The van der Waals surface area contributed by atoms with E-state index >= 15 is 0 Å². The standard InChI is InChI=1S/C29H41N5O6/c1-5-6-13-33(40-15-14-34(2,3)4)27(35)18-32-17-23(21-7-10-25-26(16-21)39-20-38-25)28(29(36)37)24(32)9-8-22-11-12-30-19-31-22/h7,10-12,16,19,23-24,28H,5-6,8-9,13-15,17-18,20H2,1-4H3/p+1/t23-,24+,28?/m1/s1. The minimum Gasteiger partial charge on any atom is -0.481 e.